The van der Waals surface area contributed by atoms with Crippen molar-refractivity contribution in [2.45, 2.75) is 58.0 Å². The minimum Gasteiger partial charge on any atom is -0.367 e. The lowest BCUT2D eigenvalue weighted by Gasteiger charge is -2.27. The fraction of sp³-hybridized carbons (Fsp3) is 0.857. The number of hydrogen-bond donors (Lipinski definition) is 1. The largest absolute Gasteiger partial charge is 0.367 e. The van der Waals surface area contributed by atoms with Crippen molar-refractivity contribution >= 4 is 0 Å². The summed E-state index contributed by atoms with van der Waals surface area (Å²) in [5, 5.41) is 7.56. The van der Waals surface area contributed by atoms with Crippen LogP contribution in [0.2, 0.25) is 0 Å². The van der Waals surface area contributed by atoms with Crippen LogP contribution in [-0.2, 0) is 10.3 Å². The SMILES string of the molecule is CCOC(CC)(CC)c1noc(C2CCCNC2)n1. The molecule has 1 fully saturated rings. The van der Waals surface area contributed by atoms with Gasteiger partial charge >= 0.3 is 0 Å². The Hall–Kier alpha value is -0.940. The Bertz CT molecular complexity index is 382. The van der Waals surface area contributed by atoms with Gasteiger partial charge < -0.3 is 14.6 Å². The summed E-state index contributed by atoms with van der Waals surface area (Å²) in [5.41, 5.74) is -0.390. The zero-order chi connectivity index (χ0) is 13.7. The predicted molar refractivity (Wildman–Crippen MR) is 73.0 cm³/mol. The van der Waals surface area contributed by atoms with Crippen molar-refractivity contribution < 1.29 is 9.26 Å². The van der Waals surface area contributed by atoms with Crippen LogP contribution in [0.5, 0.6) is 0 Å². The van der Waals surface area contributed by atoms with Gasteiger partial charge in [0.1, 0.15) is 5.60 Å². The lowest BCUT2D eigenvalue weighted by Crippen LogP contribution is -2.30. The summed E-state index contributed by atoms with van der Waals surface area (Å²) >= 11 is 0. The van der Waals surface area contributed by atoms with Crippen molar-refractivity contribution in [2.75, 3.05) is 19.7 Å². The number of nitrogens with zero attached hydrogens (tertiary/aromatic N) is 2. The molecule has 1 aromatic rings. The van der Waals surface area contributed by atoms with Crippen LogP contribution >= 0.6 is 0 Å². The highest BCUT2D eigenvalue weighted by molar-refractivity contribution is 5.04. The molecule has 5 heteroatoms. The zero-order valence-corrected chi connectivity index (χ0v) is 12.2. The molecule has 2 rings (SSSR count). The van der Waals surface area contributed by atoms with Crippen LogP contribution in [0.1, 0.15) is 64.1 Å². The summed E-state index contributed by atoms with van der Waals surface area (Å²) in [6.45, 7) is 8.91. The molecule has 0 saturated carbocycles. The van der Waals surface area contributed by atoms with Gasteiger partial charge in [-0.1, -0.05) is 19.0 Å². The maximum atomic E-state index is 5.91. The van der Waals surface area contributed by atoms with E-state index in [1.807, 2.05) is 6.92 Å². The van der Waals surface area contributed by atoms with E-state index < -0.39 is 5.60 Å². The average Bonchev–Trinajstić information content (AvgIpc) is 2.96. The Balaban J connectivity index is 2.17. The fourth-order valence-electron chi connectivity index (χ4n) is 2.76. The Morgan fingerprint density at radius 1 is 1.37 bits per heavy atom. The van der Waals surface area contributed by atoms with E-state index in [9.17, 15) is 0 Å². The summed E-state index contributed by atoms with van der Waals surface area (Å²) in [6.07, 6.45) is 4.01. The molecule has 1 saturated heterocycles. The number of piperidine rings is 1. The van der Waals surface area contributed by atoms with E-state index >= 15 is 0 Å². The number of aromatic nitrogens is 2. The van der Waals surface area contributed by atoms with E-state index in [1.165, 1.54) is 6.42 Å². The summed E-state index contributed by atoms with van der Waals surface area (Å²) < 4.78 is 11.4. The van der Waals surface area contributed by atoms with Crippen molar-refractivity contribution in [1.29, 1.82) is 0 Å². The number of rotatable bonds is 6. The molecule has 1 aliphatic heterocycles. The van der Waals surface area contributed by atoms with E-state index in [2.05, 4.69) is 29.3 Å². The van der Waals surface area contributed by atoms with Crippen LogP contribution < -0.4 is 5.32 Å². The van der Waals surface area contributed by atoms with E-state index in [4.69, 9.17) is 9.26 Å². The minimum atomic E-state index is -0.390. The van der Waals surface area contributed by atoms with E-state index in [-0.39, 0.29) is 0 Å². The molecule has 108 valence electrons. The number of ether oxygens (including phenoxy) is 1. The Labute approximate surface area is 115 Å². The van der Waals surface area contributed by atoms with Crippen molar-refractivity contribution in [3.05, 3.63) is 11.7 Å². The second-order valence-electron chi connectivity index (χ2n) is 5.13. The maximum Gasteiger partial charge on any atom is 0.231 e. The van der Waals surface area contributed by atoms with Crippen molar-refractivity contribution in [3.8, 4) is 0 Å². The van der Waals surface area contributed by atoms with Crippen LogP contribution in [0.3, 0.4) is 0 Å². The van der Waals surface area contributed by atoms with Crippen molar-refractivity contribution in [1.82, 2.24) is 15.5 Å². The standard InChI is InChI=1S/C14H25N3O2/c1-4-14(5-2,18-6-3)13-16-12(19-17-13)11-8-7-9-15-10-11/h11,15H,4-10H2,1-3H3. The van der Waals surface area contributed by atoms with Crippen LogP contribution in [0, 0.1) is 0 Å². The van der Waals surface area contributed by atoms with Crippen LogP contribution in [-0.4, -0.2) is 29.8 Å². The van der Waals surface area contributed by atoms with Gasteiger partial charge in [0, 0.05) is 13.2 Å². The molecule has 1 atom stereocenters. The first kappa shape index (κ1) is 14.5. The Morgan fingerprint density at radius 2 is 2.16 bits per heavy atom. The van der Waals surface area contributed by atoms with Gasteiger partial charge in [-0.05, 0) is 39.2 Å². The first-order valence-corrected chi connectivity index (χ1v) is 7.44. The third-order valence-electron chi connectivity index (χ3n) is 4.06. The van der Waals surface area contributed by atoms with Crippen molar-refractivity contribution in [3.63, 3.8) is 0 Å². The van der Waals surface area contributed by atoms with Gasteiger partial charge in [-0.3, -0.25) is 0 Å². The maximum absolute atomic E-state index is 5.91. The normalized spacial score (nSPS) is 20.7. The van der Waals surface area contributed by atoms with E-state index in [0.717, 1.165) is 38.2 Å². The Morgan fingerprint density at radius 3 is 2.74 bits per heavy atom. The molecule has 1 N–H and O–H groups in total. The molecule has 2 heterocycles. The molecule has 0 radical (unpaired) electrons. The highest BCUT2D eigenvalue weighted by atomic mass is 16.5. The van der Waals surface area contributed by atoms with Gasteiger partial charge in [-0.25, -0.2) is 0 Å². The monoisotopic (exact) mass is 267 g/mol. The third-order valence-corrected chi connectivity index (χ3v) is 4.06. The quantitative estimate of drug-likeness (QED) is 0.858. The highest BCUT2D eigenvalue weighted by Gasteiger charge is 2.35. The smallest absolute Gasteiger partial charge is 0.231 e. The lowest BCUT2D eigenvalue weighted by molar-refractivity contribution is -0.0583. The predicted octanol–water partition coefficient (Wildman–Crippen LogP) is 2.59. The molecule has 0 bridgehead atoms. The van der Waals surface area contributed by atoms with Crippen LogP contribution in [0.25, 0.3) is 0 Å². The molecule has 1 unspecified atom stereocenters. The van der Waals surface area contributed by atoms with Crippen molar-refractivity contribution in [2.24, 2.45) is 0 Å². The molecule has 5 nitrogen and oxygen atoms in total. The molecule has 0 spiro atoms. The van der Waals surface area contributed by atoms with Gasteiger partial charge in [-0.2, -0.15) is 4.98 Å². The lowest BCUT2D eigenvalue weighted by atomic mass is 9.95. The van der Waals surface area contributed by atoms with Crippen LogP contribution in [0.4, 0.5) is 0 Å². The Kier molecular flexibility index (Phi) is 4.93. The summed E-state index contributed by atoms with van der Waals surface area (Å²) in [5.74, 6) is 1.82. The molecule has 0 aromatic carbocycles. The molecule has 1 aromatic heterocycles. The van der Waals surface area contributed by atoms with Gasteiger partial charge in [0.2, 0.25) is 11.7 Å². The third kappa shape index (κ3) is 2.98. The molecule has 0 aliphatic carbocycles. The molecule has 19 heavy (non-hydrogen) atoms. The van der Waals surface area contributed by atoms with Crippen LogP contribution in [0.15, 0.2) is 4.52 Å². The van der Waals surface area contributed by atoms with Gasteiger partial charge in [-0.15, -0.1) is 0 Å². The first-order chi connectivity index (χ1) is 9.25. The topological polar surface area (TPSA) is 60.2 Å². The van der Waals surface area contributed by atoms with E-state index in [1.54, 1.807) is 0 Å². The molecule has 1 aliphatic rings. The van der Waals surface area contributed by atoms with Gasteiger partial charge in [0.25, 0.3) is 0 Å². The fourth-order valence-corrected chi connectivity index (χ4v) is 2.76. The number of hydrogen-bond acceptors (Lipinski definition) is 5. The van der Waals surface area contributed by atoms with Gasteiger partial charge in [0.15, 0.2) is 0 Å². The first-order valence-electron chi connectivity index (χ1n) is 7.44. The number of nitrogens with one attached hydrogen (secondary N) is 1. The zero-order valence-electron chi connectivity index (χ0n) is 12.2. The summed E-state index contributed by atoms with van der Waals surface area (Å²) in [7, 11) is 0. The molecular weight excluding hydrogens is 242 g/mol. The summed E-state index contributed by atoms with van der Waals surface area (Å²) in [6, 6.07) is 0. The second kappa shape index (κ2) is 6.48. The van der Waals surface area contributed by atoms with Gasteiger partial charge in [0.05, 0.1) is 5.92 Å². The summed E-state index contributed by atoms with van der Waals surface area (Å²) in [4.78, 5) is 4.62. The average molecular weight is 267 g/mol. The second-order valence-corrected chi connectivity index (χ2v) is 5.13. The molecule has 0 amide bonds. The highest BCUT2D eigenvalue weighted by Crippen LogP contribution is 2.32. The molecular formula is C14H25N3O2. The van der Waals surface area contributed by atoms with E-state index in [0.29, 0.717) is 18.3 Å². The minimum absolute atomic E-state index is 0.350.